The topological polar surface area (TPSA) is 81.9 Å². The van der Waals surface area contributed by atoms with Crippen molar-refractivity contribution < 1.29 is 14.3 Å². The summed E-state index contributed by atoms with van der Waals surface area (Å²) in [5, 5.41) is 5.03. The van der Waals surface area contributed by atoms with E-state index in [1.54, 1.807) is 54.0 Å². The molecule has 30 heavy (non-hydrogen) atoms. The van der Waals surface area contributed by atoms with E-state index < -0.39 is 0 Å². The lowest BCUT2D eigenvalue weighted by Gasteiger charge is -2.14. The highest BCUT2D eigenvalue weighted by Crippen LogP contribution is 2.30. The molecule has 0 saturated heterocycles. The minimum atomic E-state index is -0.365. The lowest BCUT2D eigenvalue weighted by Crippen LogP contribution is -2.15. The smallest absolute Gasteiger partial charge is 0.259 e. The van der Waals surface area contributed by atoms with Gasteiger partial charge >= 0.3 is 0 Å². The molecule has 1 N–H and O–H groups in total. The zero-order valence-corrected chi connectivity index (χ0v) is 17.4. The molecule has 0 radical (unpaired) electrons. The third kappa shape index (κ3) is 4.14. The van der Waals surface area contributed by atoms with Gasteiger partial charge in [0.1, 0.15) is 18.1 Å². The van der Waals surface area contributed by atoms with Gasteiger partial charge in [0.05, 0.1) is 24.1 Å². The van der Waals surface area contributed by atoms with Crippen LogP contribution in [0.2, 0.25) is 5.02 Å². The van der Waals surface area contributed by atoms with Crippen LogP contribution in [-0.4, -0.2) is 22.4 Å². The van der Waals surface area contributed by atoms with Crippen molar-refractivity contribution in [1.29, 1.82) is 0 Å². The third-order valence-electron chi connectivity index (χ3n) is 4.27. The number of carbonyl (C=O) groups excluding carboxylic acids is 1. The van der Waals surface area contributed by atoms with Crippen molar-refractivity contribution in [3.63, 3.8) is 0 Å². The summed E-state index contributed by atoms with van der Waals surface area (Å²) in [7, 11) is 1.50. The van der Waals surface area contributed by atoms with Gasteiger partial charge in [0.15, 0.2) is 4.96 Å². The van der Waals surface area contributed by atoms with Gasteiger partial charge in [-0.05, 0) is 30.3 Å². The van der Waals surface area contributed by atoms with Crippen molar-refractivity contribution in [2.75, 3.05) is 12.4 Å². The first-order chi connectivity index (χ1) is 14.5. The number of methoxy groups -OCH3 is 1. The van der Waals surface area contributed by atoms with Crippen LogP contribution in [0.1, 0.15) is 16.1 Å². The number of para-hydroxylation sites is 1. The largest absolute Gasteiger partial charge is 0.496 e. The molecule has 4 aromatic rings. The van der Waals surface area contributed by atoms with E-state index in [4.69, 9.17) is 21.1 Å². The molecule has 2 aromatic heterocycles. The first-order valence-corrected chi connectivity index (χ1v) is 10.1. The number of hydrogen-bond acceptors (Lipinski definition) is 6. The minimum absolute atomic E-state index is 0.0583. The number of benzene rings is 2. The molecule has 1 amide bonds. The summed E-state index contributed by atoms with van der Waals surface area (Å²) in [4.78, 5) is 29.9. The van der Waals surface area contributed by atoms with Gasteiger partial charge in [-0.15, -0.1) is 11.3 Å². The molecule has 152 valence electrons. The van der Waals surface area contributed by atoms with E-state index in [0.29, 0.717) is 38.4 Å². The van der Waals surface area contributed by atoms with Gasteiger partial charge in [-0.3, -0.25) is 14.0 Å². The fraction of sp³-hybridized carbons (Fsp3) is 0.0952. The monoisotopic (exact) mass is 441 g/mol. The fourth-order valence-corrected chi connectivity index (χ4v) is 3.77. The van der Waals surface area contributed by atoms with Crippen LogP contribution in [-0.2, 0) is 6.61 Å². The van der Waals surface area contributed by atoms with Crippen molar-refractivity contribution in [2.24, 2.45) is 0 Å². The van der Waals surface area contributed by atoms with E-state index >= 15 is 0 Å². The number of anilines is 1. The standard InChI is InChI=1S/C21H16ClN3O4S/c1-28-17-5-3-2-4-15(17)20(27)24-16-10-13(22)6-7-18(16)29-12-14-11-19(26)25-8-9-30-21(25)23-14/h2-11H,12H2,1H3,(H,24,27). The maximum atomic E-state index is 12.7. The summed E-state index contributed by atoms with van der Waals surface area (Å²) in [6.07, 6.45) is 1.67. The maximum Gasteiger partial charge on any atom is 0.259 e. The second kappa shape index (κ2) is 8.56. The van der Waals surface area contributed by atoms with Gasteiger partial charge in [0.25, 0.3) is 11.5 Å². The summed E-state index contributed by atoms with van der Waals surface area (Å²) in [6, 6.07) is 13.2. The van der Waals surface area contributed by atoms with E-state index in [-0.39, 0.29) is 18.1 Å². The van der Waals surface area contributed by atoms with E-state index in [1.807, 2.05) is 0 Å². The zero-order valence-electron chi connectivity index (χ0n) is 15.8. The summed E-state index contributed by atoms with van der Waals surface area (Å²) < 4.78 is 12.6. The molecule has 0 bridgehead atoms. The van der Waals surface area contributed by atoms with Crippen molar-refractivity contribution in [3.8, 4) is 11.5 Å². The molecule has 0 fully saturated rings. The van der Waals surface area contributed by atoms with E-state index in [0.717, 1.165) is 0 Å². The van der Waals surface area contributed by atoms with Gasteiger partial charge in [0.2, 0.25) is 0 Å². The second-order valence-corrected chi connectivity index (χ2v) is 7.53. The molecule has 7 nitrogen and oxygen atoms in total. The lowest BCUT2D eigenvalue weighted by atomic mass is 10.2. The Kier molecular flexibility index (Phi) is 5.69. The molecular formula is C21H16ClN3O4S. The van der Waals surface area contributed by atoms with Crippen LogP contribution in [0.25, 0.3) is 4.96 Å². The molecule has 0 aliphatic heterocycles. The van der Waals surface area contributed by atoms with Gasteiger partial charge < -0.3 is 14.8 Å². The fourth-order valence-electron chi connectivity index (χ4n) is 2.86. The highest BCUT2D eigenvalue weighted by Gasteiger charge is 2.15. The highest BCUT2D eigenvalue weighted by atomic mass is 35.5. The maximum absolute atomic E-state index is 12.7. The van der Waals surface area contributed by atoms with Gasteiger partial charge in [-0.25, -0.2) is 4.98 Å². The Morgan fingerprint density at radius 1 is 1.20 bits per heavy atom. The summed E-state index contributed by atoms with van der Waals surface area (Å²) in [5.41, 5.74) is 1.08. The predicted molar refractivity (Wildman–Crippen MR) is 116 cm³/mol. The van der Waals surface area contributed by atoms with E-state index in [9.17, 15) is 9.59 Å². The number of nitrogens with one attached hydrogen (secondary N) is 1. The molecule has 0 unspecified atom stereocenters. The summed E-state index contributed by atoms with van der Waals surface area (Å²) in [5.74, 6) is 0.486. The molecule has 0 spiro atoms. The SMILES string of the molecule is COc1ccccc1C(=O)Nc1cc(Cl)ccc1OCc1cc(=O)n2ccsc2n1. The number of halogens is 1. The quantitative estimate of drug-likeness (QED) is 0.483. The lowest BCUT2D eigenvalue weighted by molar-refractivity contribution is 0.102. The van der Waals surface area contributed by atoms with Gasteiger partial charge in [0, 0.05) is 22.7 Å². The molecular weight excluding hydrogens is 426 g/mol. The van der Waals surface area contributed by atoms with Crippen LogP contribution in [0.5, 0.6) is 11.5 Å². The number of thiazole rings is 1. The molecule has 2 heterocycles. The number of fused-ring (bicyclic) bond motifs is 1. The van der Waals surface area contributed by atoms with Crippen LogP contribution in [0.4, 0.5) is 5.69 Å². The average Bonchev–Trinajstić information content (AvgIpc) is 3.22. The average molecular weight is 442 g/mol. The van der Waals surface area contributed by atoms with Crippen molar-refractivity contribution >= 4 is 39.5 Å². The predicted octanol–water partition coefficient (Wildman–Crippen LogP) is 4.25. The number of aromatic nitrogens is 2. The summed E-state index contributed by atoms with van der Waals surface area (Å²) >= 11 is 7.47. The van der Waals surface area contributed by atoms with Crippen LogP contribution in [0.15, 0.2) is 64.9 Å². The van der Waals surface area contributed by atoms with Crippen LogP contribution >= 0.6 is 22.9 Å². The Morgan fingerprint density at radius 2 is 2.03 bits per heavy atom. The number of amides is 1. The first-order valence-electron chi connectivity index (χ1n) is 8.87. The molecule has 0 aliphatic carbocycles. The molecule has 0 atom stereocenters. The van der Waals surface area contributed by atoms with Gasteiger partial charge in [-0.2, -0.15) is 0 Å². The van der Waals surface area contributed by atoms with Crippen LogP contribution in [0, 0.1) is 0 Å². The highest BCUT2D eigenvalue weighted by molar-refractivity contribution is 7.15. The van der Waals surface area contributed by atoms with Crippen LogP contribution < -0.4 is 20.3 Å². The Bertz CT molecular complexity index is 1280. The Morgan fingerprint density at radius 3 is 2.87 bits per heavy atom. The molecule has 0 aliphatic rings. The molecule has 9 heteroatoms. The Hall–Kier alpha value is -3.36. The third-order valence-corrected chi connectivity index (χ3v) is 5.26. The van der Waals surface area contributed by atoms with Crippen molar-refractivity contribution in [3.05, 3.63) is 86.7 Å². The number of hydrogen-bond donors (Lipinski definition) is 1. The van der Waals surface area contributed by atoms with Crippen LogP contribution in [0.3, 0.4) is 0 Å². The molecule has 4 rings (SSSR count). The van der Waals surface area contributed by atoms with E-state index in [1.165, 1.54) is 28.9 Å². The first kappa shape index (κ1) is 19.9. The second-order valence-electron chi connectivity index (χ2n) is 6.22. The van der Waals surface area contributed by atoms with Crippen molar-refractivity contribution in [1.82, 2.24) is 9.38 Å². The molecule has 2 aromatic carbocycles. The summed E-state index contributed by atoms with van der Waals surface area (Å²) in [6.45, 7) is 0.0583. The zero-order chi connectivity index (χ0) is 21.1. The number of nitrogens with zero attached hydrogens (tertiary/aromatic N) is 2. The molecule has 0 saturated carbocycles. The normalized spacial score (nSPS) is 10.7. The Labute approximate surface area is 180 Å². The Balaban J connectivity index is 1.57. The van der Waals surface area contributed by atoms with Gasteiger partial charge in [-0.1, -0.05) is 23.7 Å². The number of rotatable bonds is 6. The van der Waals surface area contributed by atoms with Crippen molar-refractivity contribution in [2.45, 2.75) is 6.61 Å². The number of ether oxygens (including phenoxy) is 2. The minimum Gasteiger partial charge on any atom is -0.496 e. The number of carbonyl (C=O) groups is 1. The van der Waals surface area contributed by atoms with E-state index in [2.05, 4.69) is 10.3 Å².